The highest BCUT2D eigenvalue weighted by molar-refractivity contribution is 7.92. The van der Waals surface area contributed by atoms with Gasteiger partial charge in [-0.2, -0.15) is 0 Å². The van der Waals surface area contributed by atoms with Gasteiger partial charge in [0.1, 0.15) is 0 Å². The van der Waals surface area contributed by atoms with Gasteiger partial charge in [0, 0.05) is 12.1 Å². The number of hydrogen-bond donors (Lipinski definition) is 1. The highest BCUT2D eigenvalue weighted by Gasteiger charge is 2.51. The molecule has 1 heterocycles. The lowest BCUT2D eigenvalue weighted by atomic mass is 9.86. The maximum Gasteiger partial charge on any atom is 0.156 e. The maximum atomic E-state index is 12.1. The van der Waals surface area contributed by atoms with Gasteiger partial charge in [0.15, 0.2) is 9.84 Å². The SMILES string of the molecule is CCC1CS(=O)(=O)C2CCC(C)(C)C2N1. The largest absolute Gasteiger partial charge is 0.308 e. The van der Waals surface area contributed by atoms with Crippen LogP contribution >= 0.6 is 0 Å². The minimum atomic E-state index is -2.86. The van der Waals surface area contributed by atoms with E-state index in [9.17, 15) is 8.42 Å². The van der Waals surface area contributed by atoms with Crippen LogP contribution in [0, 0.1) is 5.41 Å². The normalized spacial score (nSPS) is 42.5. The summed E-state index contributed by atoms with van der Waals surface area (Å²) in [6.07, 6.45) is 2.76. The van der Waals surface area contributed by atoms with Crippen molar-refractivity contribution in [1.29, 1.82) is 0 Å². The molecule has 0 aromatic carbocycles. The fourth-order valence-electron chi connectivity index (χ4n) is 3.00. The number of rotatable bonds is 1. The zero-order chi connectivity index (χ0) is 11.3. The molecule has 0 radical (unpaired) electrons. The summed E-state index contributed by atoms with van der Waals surface area (Å²) < 4.78 is 24.2. The van der Waals surface area contributed by atoms with Crippen LogP contribution in [-0.4, -0.2) is 31.5 Å². The fraction of sp³-hybridized carbons (Fsp3) is 1.00. The maximum absolute atomic E-state index is 12.1. The highest BCUT2D eigenvalue weighted by atomic mass is 32.2. The summed E-state index contributed by atoms with van der Waals surface area (Å²) in [5.41, 5.74) is 0.131. The third-order valence-corrected chi connectivity index (χ3v) is 6.39. The molecule has 3 unspecified atom stereocenters. The van der Waals surface area contributed by atoms with E-state index in [1.54, 1.807) is 0 Å². The van der Waals surface area contributed by atoms with Crippen LogP contribution in [0.2, 0.25) is 0 Å². The van der Waals surface area contributed by atoms with E-state index < -0.39 is 9.84 Å². The topological polar surface area (TPSA) is 46.2 Å². The molecule has 88 valence electrons. The third-order valence-electron chi connectivity index (χ3n) is 4.09. The van der Waals surface area contributed by atoms with Gasteiger partial charge in [-0.25, -0.2) is 8.42 Å². The monoisotopic (exact) mass is 231 g/mol. The second kappa shape index (κ2) is 3.45. The zero-order valence-corrected chi connectivity index (χ0v) is 10.6. The summed E-state index contributed by atoms with van der Waals surface area (Å²) in [6, 6.07) is 0.329. The van der Waals surface area contributed by atoms with Crippen LogP contribution in [0.5, 0.6) is 0 Å². The van der Waals surface area contributed by atoms with Crippen LogP contribution < -0.4 is 5.32 Å². The van der Waals surface area contributed by atoms with Crippen molar-refractivity contribution in [1.82, 2.24) is 5.32 Å². The molecule has 2 rings (SSSR count). The van der Waals surface area contributed by atoms with Crippen LogP contribution in [0.4, 0.5) is 0 Å². The summed E-state index contributed by atoms with van der Waals surface area (Å²) >= 11 is 0. The van der Waals surface area contributed by atoms with E-state index in [0.29, 0.717) is 5.75 Å². The quantitative estimate of drug-likeness (QED) is 0.741. The van der Waals surface area contributed by atoms with E-state index >= 15 is 0 Å². The molecule has 2 fully saturated rings. The average molecular weight is 231 g/mol. The molecule has 1 N–H and O–H groups in total. The average Bonchev–Trinajstić information content (AvgIpc) is 2.42. The Bertz CT molecular complexity index is 348. The third kappa shape index (κ3) is 1.82. The summed E-state index contributed by atoms with van der Waals surface area (Å²) in [4.78, 5) is 0. The first-order valence-electron chi connectivity index (χ1n) is 5.84. The Morgan fingerprint density at radius 1 is 1.40 bits per heavy atom. The molecule has 15 heavy (non-hydrogen) atoms. The molecular weight excluding hydrogens is 210 g/mol. The van der Waals surface area contributed by atoms with Crippen molar-refractivity contribution in [3.05, 3.63) is 0 Å². The van der Waals surface area contributed by atoms with Gasteiger partial charge < -0.3 is 5.32 Å². The first-order valence-corrected chi connectivity index (χ1v) is 7.56. The molecule has 1 aliphatic carbocycles. The lowest BCUT2D eigenvalue weighted by Gasteiger charge is -2.39. The molecule has 4 heteroatoms. The zero-order valence-electron chi connectivity index (χ0n) is 9.79. The van der Waals surface area contributed by atoms with Crippen LogP contribution in [0.3, 0.4) is 0 Å². The molecule has 0 aromatic heterocycles. The predicted octanol–water partition coefficient (Wildman–Crippen LogP) is 1.34. The van der Waals surface area contributed by atoms with Crippen molar-refractivity contribution in [2.45, 2.75) is 57.4 Å². The van der Waals surface area contributed by atoms with Gasteiger partial charge in [0.2, 0.25) is 0 Å². The van der Waals surface area contributed by atoms with Gasteiger partial charge in [-0.15, -0.1) is 0 Å². The van der Waals surface area contributed by atoms with Gasteiger partial charge >= 0.3 is 0 Å². The molecule has 0 amide bonds. The second-order valence-electron chi connectivity index (χ2n) is 5.64. The Kier molecular flexibility index (Phi) is 2.62. The van der Waals surface area contributed by atoms with Crippen LogP contribution in [0.1, 0.15) is 40.0 Å². The van der Waals surface area contributed by atoms with Crippen molar-refractivity contribution in [3.8, 4) is 0 Å². The van der Waals surface area contributed by atoms with E-state index in [4.69, 9.17) is 0 Å². The predicted molar refractivity (Wildman–Crippen MR) is 61.6 cm³/mol. The van der Waals surface area contributed by atoms with E-state index in [0.717, 1.165) is 19.3 Å². The number of sulfone groups is 1. The van der Waals surface area contributed by atoms with Crippen molar-refractivity contribution >= 4 is 9.84 Å². The summed E-state index contributed by atoms with van der Waals surface area (Å²) in [7, 11) is -2.86. The molecule has 1 aliphatic heterocycles. The van der Waals surface area contributed by atoms with Gasteiger partial charge in [0.05, 0.1) is 11.0 Å². The van der Waals surface area contributed by atoms with Crippen molar-refractivity contribution < 1.29 is 8.42 Å². The van der Waals surface area contributed by atoms with Gasteiger partial charge in [-0.1, -0.05) is 20.8 Å². The fourth-order valence-corrected chi connectivity index (χ4v) is 5.48. The summed E-state index contributed by atoms with van der Waals surface area (Å²) in [5.74, 6) is 0.334. The first-order chi connectivity index (χ1) is 6.87. The molecule has 3 atom stereocenters. The minimum Gasteiger partial charge on any atom is -0.308 e. The molecule has 0 aromatic rings. The smallest absolute Gasteiger partial charge is 0.156 e. The lowest BCUT2D eigenvalue weighted by Crippen LogP contribution is -2.58. The molecule has 2 aliphatic rings. The van der Waals surface area contributed by atoms with Crippen LogP contribution in [-0.2, 0) is 9.84 Å². The van der Waals surface area contributed by atoms with E-state index in [-0.39, 0.29) is 22.7 Å². The number of fused-ring (bicyclic) bond motifs is 1. The van der Waals surface area contributed by atoms with Crippen LogP contribution in [0.15, 0.2) is 0 Å². The van der Waals surface area contributed by atoms with Crippen molar-refractivity contribution in [2.24, 2.45) is 5.41 Å². The molecule has 0 spiro atoms. The van der Waals surface area contributed by atoms with Crippen molar-refractivity contribution in [2.75, 3.05) is 5.75 Å². The highest BCUT2D eigenvalue weighted by Crippen LogP contribution is 2.43. The Balaban J connectivity index is 2.30. The van der Waals surface area contributed by atoms with Crippen molar-refractivity contribution in [3.63, 3.8) is 0 Å². The second-order valence-corrected chi connectivity index (χ2v) is 7.91. The standard InChI is InChI=1S/C11H21NO2S/c1-4-8-7-15(13,14)9-5-6-11(2,3)10(9)12-8/h8-10,12H,4-7H2,1-3H3. The Labute approximate surface area is 92.6 Å². The summed E-state index contributed by atoms with van der Waals surface area (Å²) in [5, 5.41) is 3.40. The molecular formula is C11H21NO2S. The van der Waals surface area contributed by atoms with Gasteiger partial charge in [-0.05, 0) is 24.7 Å². The van der Waals surface area contributed by atoms with E-state index in [1.807, 2.05) is 0 Å². The number of hydrogen-bond acceptors (Lipinski definition) is 3. The Morgan fingerprint density at radius 3 is 2.67 bits per heavy atom. The van der Waals surface area contributed by atoms with Gasteiger partial charge in [-0.3, -0.25) is 0 Å². The van der Waals surface area contributed by atoms with Gasteiger partial charge in [0.25, 0.3) is 0 Å². The first kappa shape index (κ1) is 11.4. The Morgan fingerprint density at radius 2 is 2.07 bits per heavy atom. The Hall–Kier alpha value is -0.0900. The molecule has 1 saturated heterocycles. The number of nitrogens with one attached hydrogen (secondary N) is 1. The molecule has 3 nitrogen and oxygen atoms in total. The van der Waals surface area contributed by atoms with Crippen LogP contribution in [0.25, 0.3) is 0 Å². The van der Waals surface area contributed by atoms with E-state index in [2.05, 4.69) is 26.1 Å². The molecule has 0 bridgehead atoms. The van der Waals surface area contributed by atoms with E-state index in [1.165, 1.54) is 0 Å². The summed E-state index contributed by atoms with van der Waals surface area (Å²) in [6.45, 7) is 6.41. The molecule has 1 saturated carbocycles. The minimum absolute atomic E-state index is 0.129. The lowest BCUT2D eigenvalue weighted by molar-refractivity contribution is 0.256.